The summed E-state index contributed by atoms with van der Waals surface area (Å²) < 4.78 is 27.9. The third kappa shape index (κ3) is 5.32. The van der Waals surface area contributed by atoms with Gasteiger partial charge < -0.3 is 5.32 Å². The molecule has 3 aromatic rings. The molecular weight excluding hydrogens is 376 g/mol. The topological polar surface area (TPSA) is 63.1 Å². The molecule has 3 rings (SSSR count). The largest absolute Gasteiger partial charge is 0.325 e. The zero-order valence-electron chi connectivity index (χ0n) is 14.4. The summed E-state index contributed by atoms with van der Waals surface area (Å²) in [4.78, 5) is 13.8. The summed E-state index contributed by atoms with van der Waals surface area (Å²) in [5, 5.41) is 11.2. The average Bonchev–Trinajstić information content (AvgIpc) is 3.02. The first kappa shape index (κ1) is 18.9. The summed E-state index contributed by atoms with van der Waals surface area (Å²) in [6.45, 7) is 0.393. The van der Waals surface area contributed by atoms with Crippen molar-refractivity contribution in [2.24, 2.45) is 0 Å². The number of carbonyl (C=O) groups is 1. The first-order valence-electron chi connectivity index (χ1n) is 8.01. The van der Waals surface area contributed by atoms with Crippen LogP contribution >= 0.6 is 11.6 Å². The van der Waals surface area contributed by atoms with E-state index in [-0.39, 0.29) is 12.2 Å². The van der Waals surface area contributed by atoms with Gasteiger partial charge in [-0.3, -0.25) is 9.69 Å². The van der Waals surface area contributed by atoms with Gasteiger partial charge in [-0.15, -0.1) is 5.10 Å². The smallest absolute Gasteiger partial charge is 0.238 e. The van der Waals surface area contributed by atoms with E-state index in [1.165, 1.54) is 0 Å². The highest BCUT2D eigenvalue weighted by molar-refractivity contribution is 6.30. The Morgan fingerprint density at radius 1 is 1.19 bits per heavy atom. The SMILES string of the molecule is CN(CC(=O)Nc1cc(F)cc(F)c1)Cc1cn(-c2ccc(Cl)cc2)nn1. The average molecular weight is 392 g/mol. The second-order valence-corrected chi connectivity index (χ2v) is 6.45. The van der Waals surface area contributed by atoms with Gasteiger partial charge >= 0.3 is 0 Å². The van der Waals surface area contributed by atoms with Gasteiger partial charge in [0.25, 0.3) is 0 Å². The number of anilines is 1. The zero-order valence-corrected chi connectivity index (χ0v) is 15.1. The molecule has 0 spiro atoms. The van der Waals surface area contributed by atoms with Crippen molar-refractivity contribution in [1.82, 2.24) is 19.9 Å². The highest BCUT2D eigenvalue weighted by Gasteiger charge is 2.11. The molecule has 1 heterocycles. The fourth-order valence-electron chi connectivity index (χ4n) is 2.49. The van der Waals surface area contributed by atoms with Crippen molar-refractivity contribution in [1.29, 1.82) is 0 Å². The number of rotatable bonds is 6. The lowest BCUT2D eigenvalue weighted by Crippen LogP contribution is -2.30. The predicted molar refractivity (Wildman–Crippen MR) is 97.7 cm³/mol. The van der Waals surface area contributed by atoms with Gasteiger partial charge in [-0.2, -0.15) is 0 Å². The highest BCUT2D eigenvalue weighted by atomic mass is 35.5. The van der Waals surface area contributed by atoms with Crippen molar-refractivity contribution in [2.75, 3.05) is 18.9 Å². The molecule has 0 aliphatic carbocycles. The number of nitrogens with one attached hydrogen (secondary N) is 1. The third-order valence-electron chi connectivity index (χ3n) is 3.62. The Bertz CT molecular complexity index is 925. The Morgan fingerprint density at radius 2 is 1.85 bits per heavy atom. The molecule has 0 unspecified atom stereocenters. The summed E-state index contributed by atoms with van der Waals surface area (Å²) in [6.07, 6.45) is 1.75. The van der Waals surface area contributed by atoms with Crippen molar-refractivity contribution in [3.63, 3.8) is 0 Å². The van der Waals surface area contributed by atoms with Crippen LogP contribution in [0.5, 0.6) is 0 Å². The van der Waals surface area contributed by atoms with Gasteiger partial charge in [0.1, 0.15) is 11.6 Å². The van der Waals surface area contributed by atoms with Crippen LogP contribution in [0.25, 0.3) is 5.69 Å². The van der Waals surface area contributed by atoms with Crippen LogP contribution < -0.4 is 5.32 Å². The molecule has 140 valence electrons. The first-order chi connectivity index (χ1) is 12.9. The van der Waals surface area contributed by atoms with Gasteiger partial charge in [0, 0.05) is 23.3 Å². The number of aromatic nitrogens is 3. The molecule has 1 N–H and O–H groups in total. The fraction of sp³-hybridized carbons (Fsp3) is 0.167. The van der Waals surface area contributed by atoms with Crippen LogP contribution in [-0.2, 0) is 11.3 Å². The van der Waals surface area contributed by atoms with Gasteiger partial charge in [0.05, 0.1) is 24.1 Å². The molecule has 0 aliphatic rings. The van der Waals surface area contributed by atoms with Crippen LogP contribution in [0.1, 0.15) is 5.69 Å². The number of benzene rings is 2. The standard InChI is InChI=1S/C18H16ClF2N5O/c1-25(11-18(27)22-15-7-13(20)6-14(21)8-15)9-16-10-26(24-23-16)17-4-2-12(19)3-5-17/h2-8,10H,9,11H2,1H3,(H,22,27). The maximum atomic E-state index is 13.2. The lowest BCUT2D eigenvalue weighted by Gasteiger charge is -2.14. The van der Waals surface area contributed by atoms with Crippen molar-refractivity contribution in [3.05, 3.63) is 71.0 Å². The van der Waals surface area contributed by atoms with Gasteiger partial charge in [0.2, 0.25) is 5.91 Å². The molecule has 9 heteroatoms. The number of hydrogen-bond acceptors (Lipinski definition) is 4. The summed E-state index contributed by atoms with van der Waals surface area (Å²) >= 11 is 5.87. The van der Waals surface area contributed by atoms with E-state index in [1.807, 2.05) is 12.1 Å². The van der Waals surface area contributed by atoms with Crippen LogP contribution in [0.2, 0.25) is 5.02 Å². The number of carbonyl (C=O) groups excluding carboxylic acids is 1. The lowest BCUT2D eigenvalue weighted by molar-refractivity contribution is -0.117. The van der Waals surface area contributed by atoms with Crippen LogP contribution in [-0.4, -0.2) is 39.4 Å². The van der Waals surface area contributed by atoms with E-state index in [9.17, 15) is 13.6 Å². The minimum absolute atomic E-state index is 0.0198. The highest BCUT2D eigenvalue weighted by Crippen LogP contribution is 2.14. The van der Waals surface area contributed by atoms with E-state index in [2.05, 4.69) is 15.6 Å². The number of likely N-dealkylation sites (N-methyl/N-ethyl adjacent to an activating group) is 1. The molecule has 0 saturated heterocycles. The molecule has 1 amide bonds. The van der Waals surface area contributed by atoms with E-state index in [1.54, 1.807) is 35.0 Å². The van der Waals surface area contributed by atoms with E-state index >= 15 is 0 Å². The Labute approximate surface area is 159 Å². The van der Waals surface area contributed by atoms with Crippen LogP contribution in [0.15, 0.2) is 48.7 Å². The molecule has 0 radical (unpaired) electrons. The molecule has 0 bridgehead atoms. The first-order valence-corrected chi connectivity index (χ1v) is 8.38. The molecular formula is C18H16ClF2N5O. The van der Waals surface area contributed by atoms with Crippen molar-refractivity contribution < 1.29 is 13.6 Å². The molecule has 0 fully saturated rings. The van der Waals surface area contributed by atoms with Crippen LogP contribution in [0.3, 0.4) is 0 Å². The number of halogens is 3. The summed E-state index contributed by atoms with van der Waals surface area (Å²) in [5.41, 5.74) is 1.54. The van der Waals surface area contributed by atoms with E-state index in [0.29, 0.717) is 17.3 Å². The third-order valence-corrected chi connectivity index (χ3v) is 3.88. The summed E-state index contributed by atoms with van der Waals surface area (Å²) in [5.74, 6) is -1.90. The Kier molecular flexibility index (Phi) is 5.78. The second-order valence-electron chi connectivity index (χ2n) is 6.01. The van der Waals surface area contributed by atoms with Gasteiger partial charge in [-0.25, -0.2) is 13.5 Å². The van der Waals surface area contributed by atoms with E-state index in [0.717, 1.165) is 23.9 Å². The second kappa shape index (κ2) is 8.24. The van der Waals surface area contributed by atoms with Crippen LogP contribution in [0, 0.1) is 11.6 Å². The number of nitrogens with zero attached hydrogens (tertiary/aromatic N) is 4. The quantitative estimate of drug-likeness (QED) is 0.700. The molecule has 1 aromatic heterocycles. The Morgan fingerprint density at radius 3 is 2.52 bits per heavy atom. The monoisotopic (exact) mass is 391 g/mol. The maximum absolute atomic E-state index is 13.2. The fourth-order valence-corrected chi connectivity index (χ4v) is 2.62. The minimum Gasteiger partial charge on any atom is -0.325 e. The predicted octanol–water partition coefficient (Wildman–Crippen LogP) is 3.27. The molecule has 0 aliphatic heterocycles. The molecule has 6 nitrogen and oxygen atoms in total. The maximum Gasteiger partial charge on any atom is 0.238 e. The van der Waals surface area contributed by atoms with Gasteiger partial charge in [0.15, 0.2) is 0 Å². The van der Waals surface area contributed by atoms with Gasteiger partial charge in [-0.05, 0) is 43.4 Å². The lowest BCUT2D eigenvalue weighted by atomic mass is 10.3. The summed E-state index contributed by atoms with van der Waals surface area (Å²) in [7, 11) is 1.73. The minimum atomic E-state index is -0.752. The normalized spacial score (nSPS) is 11.0. The van der Waals surface area contributed by atoms with Crippen molar-refractivity contribution in [3.8, 4) is 5.69 Å². The van der Waals surface area contributed by atoms with Crippen LogP contribution in [0.4, 0.5) is 14.5 Å². The Hall–Kier alpha value is -2.84. The van der Waals surface area contributed by atoms with Crippen molar-refractivity contribution in [2.45, 2.75) is 6.54 Å². The molecule has 2 aromatic carbocycles. The molecule has 27 heavy (non-hydrogen) atoms. The van der Waals surface area contributed by atoms with Crippen molar-refractivity contribution >= 4 is 23.2 Å². The molecule has 0 saturated carbocycles. The zero-order chi connectivity index (χ0) is 19.4. The molecule has 0 atom stereocenters. The van der Waals surface area contributed by atoms with E-state index in [4.69, 9.17) is 11.6 Å². The Balaban J connectivity index is 1.56. The van der Waals surface area contributed by atoms with Gasteiger partial charge in [-0.1, -0.05) is 16.8 Å². The number of amides is 1. The summed E-state index contributed by atoms with van der Waals surface area (Å²) in [6, 6.07) is 9.99. The number of hydrogen-bond donors (Lipinski definition) is 1. The van der Waals surface area contributed by atoms with E-state index < -0.39 is 17.5 Å².